The number of fused-ring (bicyclic) bond motifs is 1. The number of para-hydroxylation sites is 1. The molecule has 0 saturated carbocycles. The van der Waals surface area contributed by atoms with Gasteiger partial charge in [-0.3, -0.25) is 9.59 Å². The average Bonchev–Trinajstić information content (AvgIpc) is 2.98. The monoisotopic (exact) mass is 435 g/mol. The highest BCUT2D eigenvalue weighted by Gasteiger charge is 2.50. The summed E-state index contributed by atoms with van der Waals surface area (Å²) in [6.07, 6.45) is -0.351. The van der Waals surface area contributed by atoms with Gasteiger partial charge in [-0.2, -0.15) is 0 Å². The minimum absolute atomic E-state index is 0.203. The molecule has 0 fully saturated rings. The van der Waals surface area contributed by atoms with E-state index in [-0.39, 0.29) is 18.7 Å². The lowest BCUT2D eigenvalue weighted by atomic mass is 9.88. The zero-order valence-electron chi connectivity index (χ0n) is 17.0. The molecule has 0 aliphatic carbocycles. The Kier molecular flexibility index (Phi) is 5.81. The molecule has 5 nitrogen and oxygen atoms in total. The highest BCUT2D eigenvalue weighted by atomic mass is 35.5. The van der Waals surface area contributed by atoms with Crippen LogP contribution in [0.25, 0.3) is 0 Å². The standard InChI is InChI=1S/C25H22ClNO4/c1-2-31-19-13-11-17(12-14-19)23(28)15-25(30)20-8-4-6-10-22(20)27(24(25)29)16-18-7-3-5-9-21(18)26/h3-14,30H,2,15-16H2,1H3. The molecular weight excluding hydrogens is 414 g/mol. The fourth-order valence-corrected chi connectivity index (χ4v) is 4.07. The van der Waals surface area contributed by atoms with Gasteiger partial charge in [0.25, 0.3) is 5.91 Å². The molecule has 0 saturated heterocycles. The number of ketones is 1. The van der Waals surface area contributed by atoms with Crippen LogP contribution < -0.4 is 9.64 Å². The molecule has 158 valence electrons. The van der Waals surface area contributed by atoms with Crippen LogP contribution in [0, 0.1) is 0 Å². The molecule has 6 heteroatoms. The molecule has 1 unspecified atom stereocenters. The van der Waals surface area contributed by atoms with Crippen molar-refractivity contribution < 1.29 is 19.4 Å². The minimum atomic E-state index is -1.94. The Morgan fingerprint density at radius 3 is 2.42 bits per heavy atom. The molecule has 1 heterocycles. The second-order valence-corrected chi connectivity index (χ2v) is 7.82. The molecule has 1 N–H and O–H groups in total. The number of benzene rings is 3. The normalized spacial score (nSPS) is 17.5. The molecule has 3 aromatic rings. The lowest BCUT2D eigenvalue weighted by Crippen LogP contribution is -2.41. The number of anilines is 1. The molecule has 0 bridgehead atoms. The van der Waals surface area contributed by atoms with Crippen LogP contribution in [0.15, 0.2) is 72.8 Å². The number of carbonyl (C=O) groups is 2. The quantitative estimate of drug-likeness (QED) is 0.544. The molecule has 0 spiro atoms. The number of ether oxygens (including phenoxy) is 1. The number of carbonyl (C=O) groups excluding carboxylic acids is 2. The molecule has 0 aromatic heterocycles. The second-order valence-electron chi connectivity index (χ2n) is 7.42. The van der Waals surface area contributed by atoms with E-state index >= 15 is 0 Å². The molecule has 3 aromatic carbocycles. The Balaban J connectivity index is 1.63. The van der Waals surface area contributed by atoms with Crippen molar-refractivity contribution in [1.29, 1.82) is 0 Å². The van der Waals surface area contributed by atoms with Gasteiger partial charge >= 0.3 is 0 Å². The van der Waals surface area contributed by atoms with Gasteiger partial charge in [-0.25, -0.2) is 0 Å². The van der Waals surface area contributed by atoms with E-state index in [1.54, 1.807) is 54.6 Å². The van der Waals surface area contributed by atoms with Gasteiger partial charge in [-0.1, -0.05) is 48.0 Å². The summed E-state index contributed by atoms with van der Waals surface area (Å²) in [6.45, 7) is 2.61. The first-order valence-corrected chi connectivity index (χ1v) is 10.4. The van der Waals surface area contributed by atoms with Gasteiger partial charge in [0.1, 0.15) is 5.75 Å². The van der Waals surface area contributed by atoms with Crippen molar-refractivity contribution >= 4 is 29.0 Å². The third-order valence-electron chi connectivity index (χ3n) is 5.43. The predicted octanol–water partition coefficient (Wildman–Crippen LogP) is 4.75. The van der Waals surface area contributed by atoms with Gasteiger partial charge in [0.05, 0.1) is 25.3 Å². The van der Waals surface area contributed by atoms with E-state index in [0.717, 1.165) is 5.56 Å². The summed E-state index contributed by atoms with van der Waals surface area (Å²) in [7, 11) is 0. The van der Waals surface area contributed by atoms with Crippen LogP contribution in [-0.2, 0) is 16.9 Å². The summed E-state index contributed by atoms with van der Waals surface area (Å²) in [5, 5.41) is 12.0. The molecule has 1 aliphatic rings. The van der Waals surface area contributed by atoms with Crippen LogP contribution in [0.5, 0.6) is 5.75 Å². The van der Waals surface area contributed by atoms with E-state index in [1.807, 2.05) is 25.1 Å². The van der Waals surface area contributed by atoms with E-state index in [9.17, 15) is 14.7 Å². The lowest BCUT2D eigenvalue weighted by molar-refractivity contribution is -0.136. The van der Waals surface area contributed by atoms with Gasteiger partial charge in [-0.05, 0) is 48.9 Å². The first kappa shape index (κ1) is 21.1. The highest BCUT2D eigenvalue weighted by Crippen LogP contribution is 2.43. The molecule has 1 aliphatic heterocycles. The largest absolute Gasteiger partial charge is 0.494 e. The van der Waals surface area contributed by atoms with E-state index in [2.05, 4.69) is 0 Å². The Morgan fingerprint density at radius 2 is 1.71 bits per heavy atom. The van der Waals surface area contributed by atoms with Crippen molar-refractivity contribution in [3.05, 3.63) is 94.5 Å². The van der Waals surface area contributed by atoms with Gasteiger partial charge < -0.3 is 14.7 Å². The Morgan fingerprint density at radius 1 is 1.03 bits per heavy atom. The number of rotatable bonds is 7. The third-order valence-corrected chi connectivity index (χ3v) is 5.80. The number of halogens is 1. The number of nitrogens with zero attached hydrogens (tertiary/aromatic N) is 1. The molecular formula is C25H22ClNO4. The molecule has 1 atom stereocenters. The van der Waals surface area contributed by atoms with E-state index in [0.29, 0.717) is 34.2 Å². The first-order chi connectivity index (χ1) is 14.9. The summed E-state index contributed by atoms with van der Waals surface area (Å²) >= 11 is 6.28. The maximum absolute atomic E-state index is 13.4. The van der Waals surface area contributed by atoms with Crippen molar-refractivity contribution in [1.82, 2.24) is 0 Å². The Labute approximate surface area is 185 Å². The zero-order valence-corrected chi connectivity index (χ0v) is 17.8. The summed E-state index contributed by atoms with van der Waals surface area (Å²) in [5.74, 6) is -0.202. The molecule has 0 radical (unpaired) electrons. The van der Waals surface area contributed by atoms with Crippen LogP contribution in [0.4, 0.5) is 5.69 Å². The fourth-order valence-electron chi connectivity index (χ4n) is 3.87. The van der Waals surface area contributed by atoms with Crippen molar-refractivity contribution in [3.8, 4) is 5.75 Å². The van der Waals surface area contributed by atoms with Crippen molar-refractivity contribution in [2.45, 2.75) is 25.5 Å². The van der Waals surface area contributed by atoms with Gasteiger partial charge in [0.2, 0.25) is 0 Å². The SMILES string of the molecule is CCOc1ccc(C(=O)CC2(O)C(=O)N(Cc3ccccc3Cl)c3ccccc32)cc1. The summed E-state index contributed by atoms with van der Waals surface area (Å²) in [6, 6.07) is 20.9. The van der Waals surface area contributed by atoms with Crippen molar-refractivity contribution in [2.75, 3.05) is 11.5 Å². The number of amides is 1. The summed E-state index contributed by atoms with van der Waals surface area (Å²) < 4.78 is 5.41. The Hall–Kier alpha value is -3.15. The average molecular weight is 436 g/mol. The molecule has 1 amide bonds. The van der Waals surface area contributed by atoms with Gasteiger partial charge in [-0.15, -0.1) is 0 Å². The van der Waals surface area contributed by atoms with E-state index in [4.69, 9.17) is 16.3 Å². The van der Waals surface area contributed by atoms with Crippen LogP contribution in [-0.4, -0.2) is 23.4 Å². The zero-order chi connectivity index (χ0) is 22.0. The lowest BCUT2D eigenvalue weighted by Gasteiger charge is -2.23. The number of Topliss-reactive ketones (excluding diaryl/α,β-unsaturated/α-hetero) is 1. The maximum Gasteiger partial charge on any atom is 0.264 e. The van der Waals surface area contributed by atoms with E-state index < -0.39 is 11.5 Å². The first-order valence-electron chi connectivity index (χ1n) is 10.1. The fraction of sp³-hybridized carbons (Fsp3) is 0.200. The van der Waals surface area contributed by atoms with Crippen LogP contribution in [0.1, 0.15) is 34.8 Å². The summed E-state index contributed by atoms with van der Waals surface area (Å²) in [4.78, 5) is 27.8. The third kappa shape index (κ3) is 3.94. The smallest absolute Gasteiger partial charge is 0.264 e. The van der Waals surface area contributed by atoms with Crippen molar-refractivity contribution in [2.24, 2.45) is 0 Å². The maximum atomic E-state index is 13.4. The minimum Gasteiger partial charge on any atom is -0.494 e. The molecule has 4 rings (SSSR count). The number of hydrogen-bond donors (Lipinski definition) is 1. The number of hydrogen-bond acceptors (Lipinski definition) is 4. The van der Waals surface area contributed by atoms with Crippen LogP contribution >= 0.6 is 11.6 Å². The topological polar surface area (TPSA) is 66.8 Å². The van der Waals surface area contributed by atoms with Gasteiger partial charge in [0.15, 0.2) is 11.4 Å². The van der Waals surface area contributed by atoms with Gasteiger partial charge in [0, 0.05) is 16.1 Å². The molecule has 31 heavy (non-hydrogen) atoms. The van der Waals surface area contributed by atoms with Crippen LogP contribution in [0.2, 0.25) is 5.02 Å². The van der Waals surface area contributed by atoms with Crippen molar-refractivity contribution in [3.63, 3.8) is 0 Å². The second kappa shape index (κ2) is 8.53. The Bertz CT molecular complexity index is 1130. The summed E-state index contributed by atoms with van der Waals surface area (Å²) in [5.41, 5.74) is 0.231. The highest BCUT2D eigenvalue weighted by molar-refractivity contribution is 6.31. The van der Waals surface area contributed by atoms with E-state index in [1.165, 1.54) is 4.90 Å². The number of aliphatic hydroxyl groups is 1. The van der Waals surface area contributed by atoms with Crippen LogP contribution in [0.3, 0.4) is 0 Å². The predicted molar refractivity (Wildman–Crippen MR) is 120 cm³/mol.